The zero-order valence-corrected chi connectivity index (χ0v) is 32.2. The highest BCUT2D eigenvalue weighted by atomic mass is 15.0. The Balaban J connectivity index is 1.03. The highest BCUT2D eigenvalue weighted by molar-refractivity contribution is 6.03. The minimum Gasteiger partial charge on any atom is -0.208 e. The van der Waals surface area contributed by atoms with Gasteiger partial charge in [0.15, 0.2) is 17.5 Å². The van der Waals surface area contributed by atoms with E-state index in [2.05, 4.69) is 164 Å². The molecule has 0 saturated heterocycles. The number of hydrogen-bond donors (Lipinski definition) is 0. The zero-order valence-electron chi connectivity index (χ0n) is 32.2. The molecule has 0 saturated carbocycles. The molecule has 0 N–H and O–H groups in total. The van der Waals surface area contributed by atoms with E-state index in [0.29, 0.717) is 17.5 Å². The number of hydrogen-bond acceptors (Lipinski definition) is 3. The van der Waals surface area contributed by atoms with E-state index < -0.39 is 5.41 Å². The van der Waals surface area contributed by atoms with Crippen LogP contribution in [0.15, 0.2) is 224 Å². The van der Waals surface area contributed by atoms with Crippen molar-refractivity contribution >= 4 is 10.8 Å². The van der Waals surface area contributed by atoms with Gasteiger partial charge in [-0.05, 0) is 90.7 Å². The predicted octanol–water partition coefficient (Wildman–Crippen LogP) is 13.7. The summed E-state index contributed by atoms with van der Waals surface area (Å²) >= 11 is 0. The molecule has 1 heterocycles. The largest absolute Gasteiger partial charge is 0.208 e. The summed E-state index contributed by atoms with van der Waals surface area (Å²) in [6, 6.07) is 80.2. The first-order valence-corrected chi connectivity index (χ1v) is 20.1. The van der Waals surface area contributed by atoms with Crippen molar-refractivity contribution in [3.63, 3.8) is 0 Å². The number of rotatable bonds is 7. The third-order valence-electron chi connectivity index (χ3n) is 11.8. The molecule has 0 bridgehead atoms. The summed E-state index contributed by atoms with van der Waals surface area (Å²) in [6.45, 7) is 0. The molecule has 10 aromatic rings. The summed E-state index contributed by atoms with van der Waals surface area (Å²) in [5.74, 6) is 1.94. The van der Waals surface area contributed by atoms with Gasteiger partial charge in [-0.25, -0.2) is 15.0 Å². The highest BCUT2D eigenvalue weighted by Crippen LogP contribution is 2.57. The average molecular weight is 752 g/mol. The Morgan fingerprint density at radius 2 is 0.712 bits per heavy atom. The Labute approximate surface area is 344 Å². The van der Waals surface area contributed by atoms with Crippen LogP contribution in [-0.2, 0) is 5.41 Å². The molecule has 0 aliphatic heterocycles. The minimum absolute atomic E-state index is 0.439. The smallest absolute Gasteiger partial charge is 0.164 e. The molecule has 59 heavy (non-hydrogen) atoms. The Hall–Kier alpha value is -7.75. The SMILES string of the molecule is c1ccc(-c2nc(-c3ccccc3)nc(-c3cccc(-c4cccc(-c5cccc6cc7c(cc56)-c5ccccc5C7(c5ccccc5)c5ccccc5)c4)c3)n2)cc1. The van der Waals surface area contributed by atoms with E-state index in [9.17, 15) is 0 Å². The van der Waals surface area contributed by atoms with Crippen LogP contribution < -0.4 is 0 Å². The lowest BCUT2D eigenvalue weighted by Crippen LogP contribution is -2.28. The molecule has 0 spiro atoms. The van der Waals surface area contributed by atoms with Crippen molar-refractivity contribution < 1.29 is 0 Å². The van der Waals surface area contributed by atoms with Crippen molar-refractivity contribution in [3.8, 4) is 67.5 Å². The van der Waals surface area contributed by atoms with Gasteiger partial charge in [0.2, 0.25) is 0 Å². The first-order valence-electron chi connectivity index (χ1n) is 20.1. The van der Waals surface area contributed by atoms with Crippen LogP contribution in [0.3, 0.4) is 0 Å². The van der Waals surface area contributed by atoms with Crippen LogP contribution >= 0.6 is 0 Å². The maximum atomic E-state index is 5.00. The van der Waals surface area contributed by atoms with Crippen molar-refractivity contribution in [3.05, 3.63) is 247 Å². The van der Waals surface area contributed by atoms with Crippen molar-refractivity contribution in [2.45, 2.75) is 5.41 Å². The van der Waals surface area contributed by atoms with E-state index in [1.54, 1.807) is 0 Å². The second-order valence-corrected chi connectivity index (χ2v) is 15.2. The van der Waals surface area contributed by atoms with Crippen LogP contribution in [0, 0.1) is 0 Å². The molecule has 3 heteroatoms. The Kier molecular flexibility index (Phi) is 8.37. The normalized spacial score (nSPS) is 12.5. The predicted molar refractivity (Wildman–Crippen MR) is 242 cm³/mol. The number of nitrogens with zero attached hydrogens (tertiary/aromatic N) is 3. The summed E-state index contributed by atoms with van der Waals surface area (Å²) in [7, 11) is 0. The number of benzene rings is 9. The Morgan fingerprint density at radius 1 is 0.271 bits per heavy atom. The van der Waals surface area contributed by atoms with Gasteiger partial charge in [-0.2, -0.15) is 0 Å². The molecule has 1 aromatic heterocycles. The topological polar surface area (TPSA) is 38.7 Å². The van der Waals surface area contributed by atoms with E-state index in [1.807, 2.05) is 60.7 Å². The van der Waals surface area contributed by atoms with Gasteiger partial charge in [0.25, 0.3) is 0 Å². The Morgan fingerprint density at radius 3 is 1.32 bits per heavy atom. The molecule has 0 unspecified atom stereocenters. The van der Waals surface area contributed by atoms with E-state index in [4.69, 9.17) is 15.0 Å². The summed E-state index contributed by atoms with van der Waals surface area (Å²) in [4.78, 5) is 14.9. The lowest BCUT2D eigenvalue weighted by Gasteiger charge is -2.34. The first kappa shape index (κ1) is 34.5. The van der Waals surface area contributed by atoms with Gasteiger partial charge in [-0.1, -0.05) is 200 Å². The fourth-order valence-corrected chi connectivity index (χ4v) is 9.11. The zero-order chi connectivity index (χ0) is 39.2. The Bertz CT molecular complexity index is 3040. The summed E-state index contributed by atoms with van der Waals surface area (Å²) in [5, 5.41) is 2.45. The molecule has 0 radical (unpaired) electrons. The van der Waals surface area contributed by atoms with Crippen LogP contribution in [0.5, 0.6) is 0 Å². The fraction of sp³-hybridized carbons (Fsp3) is 0.0179. The van der Waals surface area contributed by atoms with E-state index in [1.165, 1.54) is 55.3 Å². The quantitative estimate of drug-likeness (QED) is 0.163. The lowest BCUT2D eigenvalue weighted by molar-refractivity contribution is 0.769. The fourth-order valence-electron chi connectivity index (χ4n) is 9.11. The summed E-state index contributed by atoms with van der Waals surface area (Å²) in [6.07, 6.45) is 0. The molecule has 11 rings (SSSR count). The molecular formula is C56H37N3. The van der Waals surface area contributed by atoms with E-state index in [0.717, 1.165) is 27.8 Å². The summed E-state index contributed by atoms with van der Waals surface area (Å²) < 4.78 is 0. The van der Waals surface area contributed by atoms with Crippen LogP contribution in [0.25, 0.3) is 78.3 Å². The third kappa shape index (κ3) is 5.86. The van der Waals surface area contributed by atoms with Gasteiger partial charge >= 0.3 is 0 Å². The monoisotopic (exact) mass is 751 g/mol. The highest BCUT2D eigenvalue weighted by Gasteiger charge is 2.46. The maximum absolute atomic E-state index is 5.00. The van der Waals surface area contributed by atoms with Crippen molar-refractivity contribution in [2.24, 2.45) is 0 Å². The molecule has 9 aromatic carbocycles. The minimum atomic E-state index is -0.439. The second kappa shape index (κ2) is 14.3. The average Bonchev–Trinajstić information content (AvgIpc) is 3.61. The lowest BCUT2D eigenvalue weighted by atomic mass is 9.67. The van der Waals surface area contributed by atoms with Gasteiger partial charge in [-0.15, -0.1) is 0 Å². The molecule has 0 fully saturated rings. The van der Waals surface area contributed by atoms with Crippen LogP contribution in [0.4, 0.5) is 0 Å². The van der Waals surface area contributed by atoms with Gasteiger partial charge in [0, 0.05) is 16.7 Å². The van der Waals surface area contributed by atoms with Gasteiger partial charge in [-0.3, -0.25) is 0 Å². The van der Waals surface area contributed by atoms with Gasteiger partial charge in [0.1, 0.15) is 0 Å². The first-order chi connectivity index (χ1) is 29.2. The molecule has 0 amide bonds. The van der Waals surface area contributed by atoms with E-state index in [-0.39, 0.29) is 0 Å². The van der Waals surface area contributed by atoms with Crippen molar-refractivity contribution in [2.75, 3.05) is 0 Å². The van der Waals surface area contributed by atoms with Crippen LogP contribution in [-0.4, -0.2) is 15.0 Å². The van der Waals surface area contributed by atoms with Crippen LogP contribution in [0.2, 0.25) is 0 Å². The van der Waals surface area contributed by atoms with Crippen LogP contribution in [0.1, 0.15) is 22.3 Å². The molecule has 0 atom stereocenters. The second-order valence-electron chi connectivity index (χ2n) is 15.2. The summed E-state index contributed by atoms with van der Waals surface area (Å²) in [5.41, 5.74) is 14.7. The van der Waals surface area contributed by atoms with Crippen molar-refractivity contribution in [1.29, 1.82) is 0 Å². The van der Waals surface area contributed by atoms with Crippen molar-refractivity contribution in [1.82, 2.24) is 15.0 Å². The molecule has 1 aliphatic carbocycles. The molecule has 1 aliphatic rings. The van der Waals surface area contributed by atoms with E-state index >= 15 is 0 Å². The standard InChI is InChI=1S/C56H37N3/c1-5-18-38(19-6-1)53-57-54(39-20-7-2-8-21-39)59-55(58-53)44-26-16-23-41(35-44)40-22-15-24-42(34-40)47-32-17-25-43-36-52-50(37-49(43)47)48-31-13-14-33-51(48)56(52,45-27-9-3-10-28-45)46-29-11-4-12-30-46/h1-37H. The van der Waals surface area contributed by atoms with Gasteiger partial charge in [0.05, 0.1) is 5.41 Å². The van der Waals surface area contributed by atoms with Gasteiger partial charge < -0.3 is 0 Å². The molecule has 3 nitrogen and oxygen atoms in total. The third-order valence-corrected chi connectivity index (χ3v) is 11.8. The number of aromatic nitrogens is 3. The number of fused-ring (bicyclic) bond motifs is 4. The molecular weight excluding hydrogens is 715 g/mol. The maximum Gasteiger partial charge on any atom is 0.164 e. The molecule has 276 valence electrons.